The Morgan fingerprint density at radius 1 is 1.39 bits per heavy atom. The van der Waals surface area contributed by atoms with Crippen LogP contribution in [0, 0.1) is 0 Å². The predicted octanol–water partition coefficient (Wildman–Crippen LogP) is 3.24. The fourth-order valence-electron chi connectivity index (χ4n) is 1.54. The maximum atomic E-state index is 11.7. The summed E-state index contributed by atoms with van der Waals surface area (Å²) in [5.74, 6) is 0.0313. The molecule has 0 N–H and O–H groups in total. The first-order valence-electron chi connectivity index (χ1n) is 5.52. The molecule has 0 aliphatic heterocycles. The van der Waals surface area contributed by atoms with Crippen molar-refractivity contribution in [3.63, 3.8) is 0 Å². The standard InChI is InChI=1S/C13H13NO3S/c1-3-16-13(15)11-8-14-17-12(11)9-4-6-10(18-2)7-5-9/h4-8H,3H2,1-2H3. The van der Waals surface area contributed by atoms with Crippen LogP contribution in [0.3, 0.4) is 0 Å². The van der Waals surface area contributed by atoms with Crippen LogP contribution in [0.25, 0.3) is 11.3 Å². The van der Waals surface area contributed by atoms with Gasteiger partial charge in [-0.05, 0) is 37.4 Å². The van der Waals surface area contributed by atoms with Gasteiger partial charge in [-0.3, -0.25) is 0 Å². The molecule has 4 nitrogen and oxygen atoms in total. The second kappa shape index (κ2) is 5.73. The second-order valence-electron chi connectivity index (χ2n) is 3.52. The minimum absolute atomic E-state index is 0.328. The van der Waals surface area contributed by atoms with E-state index in [4.69, 9.17) is 9.26 Å². The molecular weight excluding hydrogens is 250 g/mol. The molecular formula is C13H13NO3S. The molecule has 0 saturated heterocycles. The van der Waals surface area contributed by atoms with E-state index in [1.165, 1.54) is 6.20 Å². The molecule has 5 heteroatoms. The van der Waals surface area contributed by atoms with Crippen molar-refractivity contribution in [2.24, 2.45) is 0 Å². The molecule has 0 amide bonds. The van der Waals surface area contributed by atoms with Crippen molar-refractivity contribution in [3.05, 3.63) is 36.0 Å². The van der Waals surface area contributed by atoms with Crippen molar-refractivity contribution in [2.45, 2.75) is 11.8 Å². The van der Waals surface area contributed by atoms with Crippen molar-refractivity contribution in [1.29, 1.82) is 0 Å². The summed E-state index contributed by atoms with van der Waals surface area (Å²) in [6.45, 7) is 2.09. The Labute approximate surface area is 109 Å². The first-order chi connectivity index (χ1) is 8.76. The average Bonchev–Trinajstić information content (AvgIpc) is 2.88. The topological polar surface area (TPSA) is 52.3 Å². The number of nitrogens with zero attached hydrogens (tertiary/aromatic N) is 1. The van der Waals surface area contributed by atoms with Gasteiger partial charge in [0.15, 0.2) is 5.76 Å². The SMILES string of the molecule is CCOC(=O)c1cnoc1-c1ccc(SC)cc1. The molecule has 0 saturated carbocycles. The minimum atomic E-state index is -0.414. The molecule has 1 heterocycles. The number of hydrogen-bond acceptors (Lipinski definition) is 5. The molecule has 0 aliphatic rings. The van der Waals surface area contributed by atoms with Crippen LogP contribution in [0.5, 0.6) is 0 Å². The Morgan fingerprint density at radius 3 is 2.72 bits per heavy atom. The lowest BCUT2D eigenvalue weighted by atomic mass is 10.1. The van der Waals surface area contributed by atoms with Crippen LogP contribution in [-0.2, 0) is 4.74 Å². The smallest absolute Gasteiger partial charge is 0.343 e. The van der Waals surface area contributed by atoms with Crippen LogP contribution in [-0.4, -0.2) is 24.0 Å². The summed E-state index contributed by atoms with van der Waals surface area (Å²) >= 11 is 1.66. The van der Waals surface area contributed by atoms with Gasteiger partial charge >= 0.3 is 5.97 Å². The van der Waals surface area contributed by atoms with Gasteiger partial charge in [-0.2, -0.15) is 0 Å². The van der Waals surface area contributed by atoms with Gasteiger partial charge in [0.25, 0.3) is 0 Å². The van der Waals surface area contributed by atoms with E-state index in [2.05, 4.69) is 5.16 Å². The number of benzene rings is 1. The maximum absolute atomic E-state index is 11.7. The fraction of sp³-hybridized carbons (Fsp3) is 0.231. The van der Waals surface area contributed by atoms with E-state index in [1.807, 2.05) is 30.5 Å². The number of aromatic nitrogens is 1. The third-order valence-corrected chi connectivity index (χ3v) is 3.16. The highest BCUT2D eigenvalue weighted by atomic mass is 32.2. The summed E-state index contributed by atoms with van der Waals surface area (Å²) in [5.41, 5.74) is 1.17. The van der Waals surface area contributed by atoms with Crippen molar-refractivity contribution in [2.75, 3.05) is 12.9 Å². The van der Waals surface area contributed by atoms with Gasteiger partial charge in [-0.1, -0.05) is 5.16 Å². The quantitative estimate of drug-likeness (QED) is 0.626. The van der Waals surface area contributed by atoms with E-state index >= 15 is 0 Å². The molecule has 1 aromatic heterocycles. The summed E-state index contributed by atoms with van der Waals surface area (Å²) in [5, 5.41) is 3.66. The zero-order chi connectivity index (χ0) is 13.0. The van der Waals surface area contributed by atoms with Gasteiger partial charge in [-0.15, -0.1) is 11.8 Å². The van der Waals surface area contributed by atoms with Crippen LogP contribution in [0.2, 0.25) is 0 Å². The average molecular weight is 263 g/mol. The molecule has 0 radical (unpaired) electrons. The number of hydrogen-bond donors (Lipinski definition) is 0. The third kappa shape index (κ3) is 2.56. The number of carbonyl (C=O) groups excluding carboxylic acids is 1. The van der Waals surface area contributed by atoms with Gasteiger partial charge in [-0.25, -0.2) is 4.79 Å². The molecule has 2 rings (SSSR count). The summed E-state index contributed by atoms with van der Waals surface area (Å²) < 4.78 is 10.1. The Balaban J connectivity index is 2.32. The van der Waals surface area contributed by atoms with Crippen LogP contribution in [0.4, 0.5) is 0 Å². The molecule has 0 aliphatic carbocycles. The minimum Gasteiger partial charge on any atom is -0.462 e. The normalized spacial score (nSPS) is 10.3. The first-order valence-corrected chi connectivity index (χ1v) is 6.75. The summed E-state index contributed by atoms with van der Waals surface area (Å²) in [4.78, 5) is 12.8. The Hall–Kier alpha value is -1.75. The van der Waals surface area contributed by atoms with E-state index in [1.54, 1.807) is 18.7 Å². The van der Waals surface area contributed by atoms with E-state index in [-0.39, 0.29) is 0 Å². The Morgan fingerprint density at radius 2 is 2.11 bits per heavy atom. The lowest BCUT2D eigenvalue weighted by molar-refractivity contribution is 0.0527. The van der Waals surface area contributed by atoms with Crippen molar-refractivity contribution in [1.82, 2.24) is 5.16 Å². The highest BCUT2D eigenvalue weighted by molar-refractivity contribution is 7.98. The number of thioether (sulfide) groups is 1. The Bertz CT molecular complexity index is 533. The molecule has 0 unspecified atom stereocenters. The third-order valence-electron chi connectivity index (χ3n) is 2.42. The second-order valence-corrected chi connectivity index (χ2v) is 4.40. The van der Waals surface area contributed by atoms with Crippen LogP contribution >= 0.6 is 11.8 Å². The van der Waals surface area contributed by atoms with Gasteiger partial charge < -0.3 is 9.26 Å². The van der Waals surface area contributed by atoms with Crippen LogP contribution < -0.4 is 0 Å². The summed E-state index contributed by atoms with van der Waals surface area (Å²) in [6.07, 6.45) is 3.39. The van der Waals surface area contributed by atoms with Crippen molar-refractivity contribution < 1.29 is 14.1 Å². The Kier molecular flexibility index (Phi) is 4.04. The molecule has 0 spiro atoms. The molecule has 94 valence electrons. The molecule has 0 atom stereocenters. The summed E-state index contributed by atoms with van der Waals surface area (Å²) in [6, 6.07) is 7.74. The molecule has 2 aromatic rings. The van der Waals surface area contributed by atoms with Crippen molar-refractivity contribution in [3.8, 4) is 11.3 Å². The maximum Gasteiger partial charge on any atom is 0.343 e. The van der Waals surface area contributed by atoms with Crippen LogP contribution in [0.1, 0.15) is 17.3 Å². The van der Waals surface area contributed by atoms with Crippen LogP contribution in [0.15, 0.2) is 39.9 Å². The van der Waals surface area contributed by atoms with E-state index in [0.29, 0.717) is 17.9 Å². The number of ether oxygens (including phenoxy) is 1. The molecule has 1 aromatic carbocycles. The highest BCUT2D eigenvalue weighted by Crippen LogP contribution is 2.26. The number of carbonyl (C=O) groups is 1. The largest absolute Gasteiger partial charge is 0.462 e. The van der Waals surface area contributed by atoms with Gasteiger partial charge in [0.05, 0.1) is 12.8 Å². The summed E-state index contributed by atoms with van der Waals surface area (Å²) in [7, 11) is 0. The van der Waals surface area contributed by atoms with Gasteiger partial charge in [0.2, 0.25) is 0 Å². The molecule has 0 bridgehead atoms. The highest BCUT2D eigenvalue weighted by Gasteiger charge is 2.18. The zero-order valence-electron chi connectivity index (χ0n) is 10.2. The lowest BCUT2D eigenvalue weighted by Gasteiger charge is -2.02. The van der Waals surface area contributed by atoms with Gasteiger partial charge in [0, 0.05) is 10.5 Å². The van der Waals surface area contributed by atoms with E-state index in [9.17, 15) is 4.79 Å². The predicted molar refractivity (Wildman–Crippen MR) is 69.7 cm³/mol. The fourth-order valence-corrected chi connectivity index (χ4v) is 1.95. The molecule has 18 heavy (non-hydrogen) atoms. The van der Waals surface area contributed by atoms with E-state index < -0.39 is 5.97 Å². The first kappa shape index (κ1) is 12.7. The van der Waals surface area contributed by atoms with E-state index in [0.717, 1.165) is 10.5 Å². The number of rotatable bonds is 4. The van der Waals surface area contributed by atoms with Gasteiger partial charge in [0.1, 0.15) is 5.56 Å². The lowest BCUT2D eigenvalue weighted by Crippen LogP contribution is -2.04. The number of esters is 1. The monoisotopic (exact) mass is 263 g/mol. The molecule has 0 fully saturated rings. The zero-order valence-corrected chi connectivity index (χ0v) is 11.0. The van der Waals surface area contributed by atoms with Crippen molar-refractivity contribution >= 4 is 17.7 Å².